The number of anilines is 3. The second-order valence-corrected chi connectivity index (χ2v) is 8.07. The molecule has 2 aromatic heterocycles. The molecular weight excluding hydrogens is 424 g/mol. The van der Waals surface area contributed by atoms with Crippen LogP contribution in [0, 0.1) is 0 Å². The fraction of sp³-hybridized carbons (Fsp3) is 0.261. The summed E-state index contributed by atoms with van der Waals surface area (Å²) in [6, 6.07) is 7.81. The summed E-state index contributed by atoms with van der Waals surface area (Å²) in [6.45, 7) is 3.64. The number of nitrogen functional groups attached to an aromatic ring is 1. The number of phenols is 2. The Hall–Kier alpha value is -4.05. The van der Waals surface area contributed by atoms with Gasteiger partial charge in [-0.1, -0.05) is 0 Å². The normalized spacial score (nSPS) is 14.2. The zero-order valence-corrected chi connectivity index (χ0v) is 17.8. The number of fused-ring (bicyclic) bond motifs is 3. The first-order valence-electron chi connectivity index (χ1n) is 10.7. The maximum atomic E-state index is 12.3. The third kappa shape index (κ3) is 4.20. The zero-order valence-electron chi connectivity index (χ0n) is 17.8. The second-order valence-electron chi connectivity index (χ2n) is 8.07. The number of aromatic nitrogens is 3. The number of H-pyrrole nitrogens is 1. The molecule has 1 aliphatic rings. The van der Waals surface area contributed by atoms with Gasteiger partial charge in [0.1, 0.15) is 29.4 Å². The van der Waals surface area contributed by atoms with Crippen LogP contribution in [0.1, 0.15) is 12.8 Å². The number of likely N-dealkylation sites (tertiary alicyclic amines) is 1. The molecule has 1 aliphatic heterocycles. The Morgan fingerprint density at radius 1 is 1.12 bits per heavy atom. The minimum Gasteiger partial charge on any atom is -0.506 e. The highest BCUT2D eigenvalue weighted by molar-refractivity contribution is 6.05. The molecule has 0 aliphatic carbocycles. The molecule has 4 aromatic rings. The molecule has 6 N–H and O–H groups in total. The third-order valence-electron chi connectivity index (χ3n) is 5.79. The molecule has 3 heterocycles. The van der Waals surface area contributed by atoms with Gasteiger partial charge in [0.2, 0.25) is 5.95 Å². The van der Waals surface area contributed by atoms with E-state index in [0.717, 1.165) is 19.6 Å². The Morgan fingerprint density at radius 2 is 1.94 bits per heavy atom. The Morgan fingerprint density at radius 3 is 2.73 bits per heavy atom. The molecule has 0 atom stereocenters. The lowest BCUT2D eigenvalue weighted by atomic mass is 10.1. The number of ether oxygens (including phenoxy) is 1. The Bertz CT molecular complexity index is 1400. The lowest BCUT2D eigenvalue weighted by Crippen LogP contribution is -2.25. The van der Waals surface area contributed by atoms with E-state index in [9.17, 15) is 15.0 Å². The van der Waals surface area contributed by atoms with Crippen LogP contribution in [0.3, 0.4) is 0 Å². The molecule has 10 nitrogen and oxygen atoms in total. The van der Waals surface area contributed by atoms with E-state index in [1.165, 1.54) is 31.2 Å². The SMILES string of the molecule is Nc1cc2c(=O)[nH]c3cnc(Nc4ccc(OCCN5CCCC5)cc4O)nc3c2cc1O. The molecule has 5 rings (SSSR count). The van der Waals surface area contributed by atoms with Crippen molar-refractivity contribution in [1.82, 2.24) is 19.9 Å². The molecule has 0 spiro atoms. The smallest absolute Gasteiger partial charge is 0.256 e. The Labute approximate surface area is 188 Å². The van der Waals surface area contributed by atoms with E-state index in [1.54, 1.807) is 18.2 Å². The van der Waals surface area contributed by atoms with Gasteiger partial charge in [-0.2, -0.15) is 0 Å². The standard InChI is InChI=1S/C23H24N6O4/c24-16-10-15-14(11-19(16)30)21-18(26-22(15)32)12-25-23(28-21)27-17-4-3-13(9-20(17)31)33-8-7-29-5-1-2-6-29/h3-4,9-12,30-31H,1-2,5-8,24H2,(H,26,32)(H,25,27,28). The summed E-state index contributed by atoms with van der Waals surface area (Å²) in [7, 11) is 0. The van der Waals surface area contributed by atoms with Crippen molar-refractivity contribution >= 4 is 39.1 Å². The summed E-state index contributed by atoms with van der Waals surface area (Å²) in [5, 5.41) is 24.2. The molecule has 0 amide bonds. The Balaban J connectivity index is 1.38. The van der Waals surface area contributed by atoms with Crippen LogP contribution in [0.25, 0.3) is 21.8 Å². The van der Waals surface area contributed by atoms with Gasteiger partial charge in [-0.25, -0.2) is 9.97 Å². The van der Waals surface area contributed by atoms with Gasteiger partial charge in [-0.3, -0.25) is 9.69 Å². The monoisotopic (exact) mass is 448 g/mol. The number of hydrogen-bond acceptors (Lipinski definition) is 9. The van der Waals surface area contributed by atoms with Crippen LogP contribution < -0.4 is 21.3 Å². The second kappa shape index (κ2) is 8.47. The molecule has 0 bridgehead atoms. The topological polar surface area (TPSA) is 150 Å². The molecule has 0 saturated carbocycles. The lowest BCUT2D eigenvalue weighted by molar-refractivity contribution is 0.237. The minimum atomic E-state index is -0.355. The Kier molecular flexibility index (Phi) is 5.35. The zero-order chi connectivity index (χ0) is 22.9. The number of pyridine rings is 1. The number of rotatable bonds is 6. The predicted octanol–water partition coefficient (Wildman–Crippen LogP) is 2.68. The summed E-state index contributed by atoms with van der Waals surface area (Å²) >= 11 is 0. The van der Waals surface area contributed by atoms with Gasteiger partial charge in [0.05, 0.1) is 28.5 Å². The maximum absolute atomic E-state index is 12.3. The predicted molar refractivity (Wildman–Crippen MR) is 126 cm³/mol. The summed E-state index contributed by atoms with van der Waals surface area (Å²) in [5.41, 5.74) is 6.73. The van der Waals surface area contributed by atoms with Gasteiger partial charge in [0.25, 0.3) is 5.56 Å². The number of nitrogens with two attached hydrogens (primary N) is 1. The molecule has 1 saturated heterocycles. The van der Waals surface area contributed by atoms with E-state index in [1.807, 2.05) is 0 Å². The minimum absolute atomic E-state index is 0.00545. The highest BCUT2D eigenvalue weighted by Crippen LogP contribution is 2.32. The van der Waals surface area contributed by atoms with Crippen molar-refractivity contribution in [1.29, 1.82) is 0 Å². The molecule has 170 valence electrons. The van der Waals surface area contributed by atoms with Gasteiger partial charge in [0.15, 0.2) is 0 Å². The van der Waals surface area contributed by atoms with Gasteiger partial charge in [-0.05, 0) is 50.2 Å². The quantitative estimate of drug-likeness (QED) is 0.170. The first-order chi connectivity index (χ1) is 16.0. The number of hydrogen-bond donors (Lipinski definition) is 5. The van der Waals surface area contributed by atoms with E-state index in [4.69, 9.17) is 10.5 Å². The largest absolute Gasteiger partial charge is 0.506 e. The van der Waals surface area contributed by atoms with Gasteiger partial charge < -0.3 is 31.0 Å². The summed E-state index contributed by atoms with van der Waals surface area (Å²) in [4.78, 5) is 26.1. The van der Waals surface area contributed by atoms with Crippen LogP contribution in [0.5, 0.6) is 17.2 Å². The average Bonchev–Trinajstić information content (AvgIpc) is 3.31. The van der Waals surface area contributed by atoms with Crippen LogP contribution >= 0.6 is 0 Å². The molecule has 0 radical (unpaired) electrons. The summed E-state index contributed by atoms with van der Waals surface area (Å²) in [5.74, 6) is 0.646. The third-order valence-corrected chi connectivity index (χ3v) is 5.79. The van der Waals surface area contributed by atoms with Crippen LogP contribution in [0.4, 0.5) is 17.3 Å². The van der Waals surface area contributed by atoms with Crippen molar-refractivity contribution < 1.29 is 14.9 Å². The maximum Gasteiger partial charge on any atom is 0.256 e. The number of phenolic OH excluding ortho intramolecular Hbond substituents is 2. The average molecular weight is 448 g/mol. The van der Waals surface area contributed by atoms with Crippen molar-refractivity contribution in [2.24, 2.45) is 0 Å². The van der Waals surface area contributed by atoms with Gasteiger partial charge in [0, 0.05) is 18.0 Å². The van der Waals surface area contributed by atoms with Crippen LogP contribution in [-0.2, 0) is 0 Å². The number of aromatic amines is 1. The molecule has 2 aromatic carbocycles. The van der Waals surface area contributed by atoms with E-state index in [2.05, 4.69) is 25.2 Å². The van der Waals surface area contributed by atoms with E-state index < -0.39 is 0 Å². The van der Waals surface area contributed by atoms with Crippen molar-refractivity contribution in [2.45, 2.75) is 12.8 Å². The summed E-state index contributed by atoms with van der Waals surface area (Å²) < 4.78 is 5.76. The van der Waals surface area contributed by atoms with Crippen molar-refractivity contribution in [3.63, 3.8) is 0 Å². The molecule has 33 heavy (non-hydrogen) atoms. The highest BCUT2D eigenvalue weighted by Gasteiger charge is 2.13. The van der Waals surface area contributed by atoms with E-state index in [-0.39, 0.29) is 28.7 Å². The van der Waals surface area contributed by atoms with Gasteiger partial charge in [-0.15, -0.1) is 0 Å². The fourth-order valence-electron chi connectivity index (χ4n) is 4.04. The van der Waals surface area contributed by atoms with Gasteiger partial charge >= 0.3 is 0 Å². The van der Waals surface area contributed by atoms with Crippen LogP contribution in [-0.4, -0.2) is 56.3 Å². The fourth-order valence-corrected chi connectivity index (χ4v) is 4.04. The van der Waals surface area contributed by atoms with E-state index >= 15 is 0 Å². The number of benzene rings is 2. The highest BCUT2D eigenvalue weighted by atomic mass is 16.5. The number of nitrogens with zero attached hydrogens (tertiary/aromatic N) is 3. The van der Waals surface area contributed by atoms with Crippen LogP contribution in [0.15, 0.2) is 41.3 Å². The lowest BCUT2D eigenvalue weighted by Gasteiger charge is -2.15. The molecule has 10 heteroatoms. The number of nitrogens with one attached hydrogen (secondary N) is 2. The molecule has 0 unspecified atom stereocenters. The van der Waals surface area contributed by atoms with Crippen molar-refractivity contribution in [2.75, 3.05) is 37.3 Å². The molecule has 1 fully saturated rings. The number of aromatic hydroxyl groups is 2. The first-order valence-corrected chi connectivity index (χ1v) is 10.7. The van der Waals surface area contributed by atoms with Crippen molar-refractivity contribution in [3.8, 4) is 17.2 Å². The summed E-state index contributed by atoms with van der Waals surface area (Å²) in [6.07, 6.45) is 3.93. The molecular formula is C23H24N6O4. The van der Waals surface area contributed by atoms with Crippen LogP contribution in [0.2, 0.25) is 0 Å². The first kappa shape index (κ1) is 20.8. The van der Waals surface area contributed by atoms with E-state index in [0.29, 0.717) is 39.8 Å². The van der Waals surface area contributed by atoms with Crippen molar-refractivity contribution in [3.05, 3.63) is 46.9 Å².